The molecule has 0 aliphatic rings. The molecule has 23 heavy (non-hydrogen) atoms. The summed E-state index contributed by atoms with van der Waals surface area (Å²) in [5.74, 6) is -0.157. The number of aromatic amines is 1. The zero-order chi connectivity index (χ0) is 16.1. The Morgan fingerprint density at radius 1 is 0.957 bits per heavy atom. The lowest BCUT2D eigenvalue weighted by molar-refractivity contribution is -0.123. The van der Waals surface area contributed by atoms with Gasteiger partial charge in [-0.3, -0.25) is 14.9 Å². The van der Waals surface area contributed by atoms with Gasteiger partial charge in [0.25, 0.3) is 0 Å². The minimum Gasteiger partial charge on any atom is -0.347 e. The molecule has 2 amide bonds. The molecule has 0 bridgehead atoms. The first-order chi connectivity index (χ1) is 11.2. The first-order valence-electron chi connectivity index (χ1n) is 7.26. The number of rotatable bonds is 5. The molecule has 3 N–H and O–H groups in total. The zero-order valence-corrected chi connectivity index (χ0v) is 12.4. The van der Waals surface area contributed by atoms with Gasteiger partial charge in [-0.15, -0.1) is 0 Å². The van der Waals surface area contributed by atoms with Crippen molar-refractivity contribution in [3.63, 3.8) is 0 Å². The number of aromatic nitrogens is 2. The van der Waals surface area contributed by atoms with Gasteiger partial charge in [0.2, 0.25) is 17.8 Å². The first kappa shape index (κ1) is 14.8. The maximum atomic E-state index is 11.9. The standard InChI is InChI=1S/C17H16N4O2/c22-15(10-12-6-2-1-3-7-12)18-11-16(23)21-17-19-13-8-4-5-9-14(13)20-17/h1-9H,10-11H2,(H,18,22)(H2,19,20,21,23). The van der Waals surface area contributed by atoms with Crippen LogP contribution >= 0.6 is 0 Å². The van der Waals surface area contributed by atoms with Gasteiger partial charge >= 0.3 is 0 Å². The van der Waals surface area contributed by atoms with Crippen LogP contribution in [0.3, 0.4) is 0 Å². The lowest BCUT2D eigenvalue weighted by Gasteiger charge is -2.05. The summed E-state index contributed by atoms with van der Waals surface area (Å²) in [6, 6.07) is 16.9. The Hall–Kier alpha value is -3.15. The van der Waals surface area contributed by atoms with E-state index in [9.17, 15) is 9.59 Å². The molecule has 0 atom stereocenters. The van der Waals surface area contributed by atoms with Gasteiger partial charge in [-0.05, 0) is 17.7 Å². The van der Waals surface area contributed by atoms with Crippen molar-refractivity contribution >= 4 is 28.8 Å². The second-order valence-electron chi connectivity index (χ2n) is 5.09. The molecule has 0 aliphatic heterocycles. The van der Waals surface area contributed by atoms with Gasteiger partial charge in [-0.25, -0.2) is 4.98 Å². The topological polar surface area (TPSA) is 86.9 Å². The molecule has 0 spiro atoms. The number of imidazole rings is 1. The molecule has 6 nitrogen and oxygen atoms in total. The summed E-state index contributed by atoms with van der Waals surface area (Å²) in [5.41, 5.74) is 2.52. The van der Waals surface area contributed by atoms with E-state index in [1.807, 2.05) is 54.6 Å². The van der Waals surface area contributed by atoms with Crippen molar-refractivity contribution < 1.29 is 9.59 Å². The summed E-state index contributed by atoms with van der Waals surface area (Å²) in [6.45, 7) is -0.0945. The SMILES string of the molecule is O=C(Cc1ccccc1)NCC(=O)Nc1nc2ccccc2[nH]1. The third-order valence-electron chi connectivity index (χ3n) is 3.30. The maximum Gasteiger partial charge on any atom is 0.246 e. The monoisotopic (exact) mass is 308 g/mol. The number of H-pyrrole nitrogens is 1. The van der Waals surface area contributed by atoms with Crippen molar-refractivity contribution in [2.24, 2.45) is 0 Å². The van der Waals surface area contributed by atoms with Gasteiger partial charge in [-0.2, -0.15) is 0 Å². The van der Waals surface area contributed by atoms with E-state index in [1.54, 1.807) is 0 Å². The van der Waals surface area contributed by atoms with Crippen molar-refractivity contribution in [3.8, 4) is 0 Å². The number of anilines is 1. The molecule has 0 fully saturated rings. The van der Waals surface area contributed by atoms with E-state index >= 15 is 0 Å². The number of para-hydroxylation sites is 2. The smallest absolute Gasteiger partial charge is 0.246 e. The van der Waals surface area contributed by atoms with E-state index in [0.29, 0.717) is 5.95 Å². The lowest BCUT2D eigenvalue weighted by Crippen LogP contribution is -2.34. The zero-order valence-electron chi connectivity index (χ0n) is 12.4. The van der Waals surface area contributed by atoms with Gasteiger partial charge in [0.15, 0.2) is 0 Å². The fourth-order valence-electron chi connectivity index (χ4n) is 2.21. The highest BCUT2D eigenvalue weighted by atomic mass is 16.2. The number of hydrogen-bond acceptors (Lipinski definition) is 3. The number of amides is 2. The summed E-state index contributed by atoms with van der Waals surface area (Å²) in [5, 5.41) is 5.22. The second kappa shape index (κ2) is 6.74. The number of fused-ring (bicyclic) bond motifs is 1. The van der Waals surface area contributed by atoms with Gasteiger partial charge in [-0.1, -0.05) is 42.5 Å². The number of nitrogens with zero attached hydrogens (tertiary/aromatic N) is 1. The van der Waals surface area contributed by atoms with Gasteiger partial charge < -0.3 is 10.3 Å². The molecule has 0 radical (unpaired) electrons. The minimum atomic E-state index is -0.328. The van der Waals surface area contributed by atoms with Crippen molar-refractivity contribution in [1.29, 1.82) is 0 Å². The summed E-state index contributed by atoms with van der Waals surface area (Å²) in [6.07, 6.45) is 0.249. The van der Waals surface area contributed by atoms with Crippen LogP contribution in [0.15, 0.2) is 54.6 Å². The predicted octanol–water partition coefficient (Wildman–Crippen LogP) is 1.86. The molecule has 0 aliphatic carbocycles. The number of carbonyl (C=O) groups is 2. The first-order valence-corrected chi connectivity index (χ1v) is 7.26. The molecule has 1 aromatic heterocycles. The van der Waals surface area contributed by atoms with Gasteiger partial charge in [0.05, 0.1) is 24.0 Å². The molecule has 1 heterocycles. The molecular weight excluding hydrogens is 292 g/mol. The van der Waals surface area contributed by atoms with Crippen LogP contribution in [0, 0.1) is 0 Å². The molecule has 2 aromatic carbocycles. The molecule has 3 aromatic rings. The molecule has 6 heteroatoms. The fraction of sp³-hybridized carbons (Fsp3) is 0.118. The summed E-state index contributed by atoms with van der Waals surface area (Å²) >= 11 is 0. The number of carbonyl (C=O) groups excluding carboxylic acids is 2. The van der Waals surface area contributed by atoms with Crippen LogP contribution in [0.2, 0.25) is 0 Å². The van der Waals surface area contributed by atoms with Crippen molar-refractivity contribution in [2.45, 2.75) is 6.42 Å². The van der Waals surface area contributed by atoms with E-state index in [2.05, 4.69) is 20.6 Å². The van der Waals surface area contributed by atoms with Crippen LogP contribution < -0.4 is 10.6 Å². The van der Waals surface area contributed by atoms with E-state index in [4.69, 9.17) is 0 Å². The average Bonchev–Trinajstić information content (AvgIpc) is 2.96. The normalized spacial score (nSPS) is 10.4. The summed E-state index contributed by atoms with van der Waals surface area (Å²) in [4.78, 5) is 30.9. The Labute approximate surface area is 132 Å². The molecule has 3 rings (SSSR count). The highest BCUT2D eigenvalue weighted by Crippen LogP contribution is 2.12. The minimum absolute atomic E-state index is 0.0945. The molecule has 116 valence electrons. The number of hydrogen-bond donors (Lipinski definition) is 3. The Kier molecular flexibility index (Phi) is 4.33. The largest absolute Gasteiger partial charge is 0.347 e. The van der Waals surface area contributed by atoms with Crippen LogP contribution in [-0.4, -0.2) is 28.3 Å². The summed E-state index contributed by atoms with van der Waals surface area (Å²) in [7, 11) is 0. The molecule has 0 saturated heterocycles. The number of benzene rings is 2. The molecule has 0 unspecified atom stereocenters. The average molecular weight is 308 g/mol. The highest BCUT2D eigenvalue weighted by molar-refractivity contribution is 5.94. The van der Waals surface area contributed by atoms with Crippen LogP contribution in [0.25, 0.3) is 11.0 Å². The van der Waals surface area contributed by atoms with E-state index in [0.717, 1.165) is 16.6 Å². The van der Waals surface area contributed by atoms with Gasteiger partial charge in [0.1, 0.15) is 0 Å². The molecule has 0 saturated carbocycles. The Balaban J connectivity index is 1.50. The van der Waals surface area contributed by atoms with Crippen LogP contribution in [-0.2, 0) is 16.0 Å². The third-order valence-corrected chi connectivity index (χ3v) is 3.30. The Morgan fingerprint density at radius 3 is 2.48 bits per heavy atom. The van der Waals surface area contributed by atoms with Crippen LogP contribution in [0.5, 0.6) is 0 Å². The quantitative estimate of drug-likeness (QED) is 0.672. The number of nitrogens with one attached hydrogen (secondary N) is 3. The second-order valence-corrected chi connectivity index (χ2v) is 5.09. The van der Waals surface area contributed by atoms with Crippen molar-refractivity contribution in [3.05, 3.63) is 60.2 Å². The van der Waals surface area contributed by atoms with E-state index < -0.39 is 0 Å². The third kappa shape index (κ3) is 3.94. The lowest BCUT2D eigenvalue weighted by atomic mass is 10.1. The van der Waals surface area contributed by atoms with Crippen LogP contribution in [0.4, 0.5) is 5.95 Å². The molecular formula is C17H16N4O2. The van der Waals surface area contributed by atoms with E-state index in [-0.39, 0.29) is 24.8 Å². The van der Waals surface area contributed by atoms with Crippen molar-refractivity contribution in [1.82, 2.24) is 15.3 Å². The maximum absolute atomic E-state index is 11.9. The predicted molar refractivity (Wildman–Crippen MR) is 87.9 cm³/mol. The van der Waals surface area contributed by atoms with Gasteiger partial charge in [0, 0.05) is 0 Å². The van der Waals surface area contributed by atoms with Crippen molar-refractivity contribution in [2.75, 3.05) is 11.9 Å². The highest BCUT2D eigenvalue weighted by Gasteiger charge is 2.09. The Bertz CT molecular complexity index is 794. The fourth-order valence-corrected chi connectivity index (χ4v) is 2.21. The van der Waals surface area contributed by atoms with E-state index in [1.165, 1.54) is 0 Å². The van der Waals surface area contributed by atoms with Crippen LogP contribution in [0.1, 0.15) is 5.56 Å². The Morgan fingerprint density at radius 2 is 1.70 bits per heavy atom. The summed E-state index contributed by atoms with van der Waals surface area (Å²) < 4.78 is 0.